The molecule has 1 amide bonds. The summed E-state index contributed by atoms with van der Waals surface area (Å²) in [5.74, 6) is -0.807. The van der Waals surface area contributed by atoms with Crippen LogP contribution in [0.1, 0.15) is 18.1 Å². The first-order valence-electron chi connectivity index (χ1n) is 8.01. The molecule has 0 saturated carbocycles. The number of rotatable bonds is 7. The molecule has 26 heavy (non-hydrogen) atoms. The molecule has 0 radical (unpaired) electrons. The fourth-order valence-corrected chi connectivity index (χ4v) is 3.95. The number of hydrogen-bond donors (Lipinski definition) is 1. The van der Waals surface area contributed by atoms with Crippen LogP contribution in [-0.4, -0.2) is 31.7 Å². The molecule has 0 aliphatic carbocycles. The highest BCUT2D eigenvalue weighted by Crippen LogP contribution is 2.22. The molecule has 0 aliphatic heterocycles. The third-order valence-corrected chi connectivity index (χ3v) is 6.18. The Morgan fingerprint density at radius 1 is 1.19 bits per heavy atom. The largest absolute Gasteiger partial charge is 0.351 e. The van der Waals surface area contributed by atoms with Gasteiger partial charge in [0.25, 0.3) is 0 Å². The molecule has 1 N–H and O–H groups in total. The molecular formula is C18H20ClFN2O3S. The lowest BCUT2D eigenvalue weighted by Crippen LogP contribution is -2.40. The standard InChI is InChI=1S/C18H20ClFN2O3S/c1-3-22(26(24,25)16-9-4-13(2)17(19)10-16)12-18(23)21-11-14-5-7-15(20)8-6-14/h4-10H,3,11-12H2,1-2H3,(H,21,23). The summed E-state index contributed by atoms with van der Waals surface area (Å²) in [4.78, 5) is 12.2. The number of likely N-dealkylation sites (N-methyl/N-ethyl adjacent to an activating group) is 1. The maximum Gasteiger partial charge on any atom is 0.243 e. The van der Waals surface area contributed by atoms with E-state index >= 15 is 0 Å². The van der Waals surface area contributed by atoms with Crippen molar-refractivity contribution in [1.82, 2.24) is 9.62 Å². The van der Waals surface area contributed by atoms with Crippen molar-refractivity contribution in [1.29, 1.82) is 0 Å². The number of aryl methyl sites for hydroxylation is 1. The lowest BCUT2D eigenvalue weighted by Gasteiger charge is -2.20. The summed E-state index contributed by atoms with van der Waals surface area (Å²) in [6, 6.07) is 10.2. The molecule has 0 saturated heterocycles. The highest BCUT2D eigenvalue weighted by atomic mass is 35.5. The highest BCUT2D eigenvalue weighted by molar-refractivity contribution is 7.89. The number of hydrogen-bond acceptors (Lipinski definition) is 3. The predicted molar refractivity (Wildman–Crippen MR) is 98.9 cm³/mol. The molecule has 8 heteroatoms. The molecule has 2 aromatic rings. The van der Waals surface area contributed by atoms with Gasteiger partial charge in [-0.05, 0) is 42.3 Å². The molecule has 0 spiro atoms. The quantitative estimate of drug-likeness (QED) is 0.779. The third kappa shape index (κ3) is 5.03. The molecule has 0 fully saturated rings. The van der Waals surface area contributed by atoms with Crippen LogP contribution in [0.5, 0.6) is 0 Å². The van der Waals surface area contributed by atoms with E-state index in [0.29, 0.717) is 5.02 Å². The van der Waals surface area contributed by atoms with Crippen molar-refractivity contribution in [3.05, 3.63) is 64.4 Å². The maximum absolute atomic E-state index is 12.9. The smallest absolute Gasteiger partial charge is 0.243 e. The molecule has 2 aromatic carbocycles. The monoisotopic (exact) mass is 398 g/mol. The summed E-state index contributed by atoms with van der Waals surface area (Å²) in [7, 11) is -3.84. The number of halogens is 2. The zero-order valence-corrected chi connectivity index (χ0v) is 16.1. The Morgan fingerprint density at radius 3 is 2.42 bits per heavy atom. The van der Waals surface area contributed by atoms with Crippen molar-refractivity contribution >= 4 is 27.5 Å². The average molecular weight is 399 g/mol. The van der Waals surface area contributed by atoms with Gasteiger partial charge in [0.1, 0.15) is 5.82 Å². The van der Waals surface area contributed by atoms with Gasteiger partial charge in [-0.2, -0.15) is 4.31 Å². The van der Waals surface area contributed by atoms with Crippen molar-refractivity contribution in [2.45, 2.75) is 25.3 Å². The van der Waals surface area contributed by atoms with Crippen LogP contribution in [0.2, 0.25) is 5.02 Å². The van der Waals surface area contributed by atoms with Gasteiger partial charge in [-0.1, -0.05) is 36.7 Å². The van der Waals surface area contributed by atoms with Gasteiger partial charge in [-0.15, -0.1) is 0 Å². The number of benzene rings is 2. The summed E-state index contributed by atoms with van der Waals surface area (Å²) in [5.41, 5.74) is 1.49. The number of amides is 1. The van der Waals surface area contributed by atoms with Gasteiger partial charge in [0, 0.05) is 18.1 Å². The topological polar surface area (TPSA) is 66.5 Å². The van der Waals surface area contributed by atoms with Crippen LogP contribution >= 0.6 is 11.6 Å². The molecule has 0 aromatic heterocycles. The van der Waals surface area contributed by atoms with E-state index < -0.39 is 15.9 Å². The summed E-state index contributed by atoms with van der Waals surface area (Å²) in [6.45, 7) is 3.44. The van der Waals surface area contributed by atoms with Crippen LogP contribution in [0.25, 0.3) is 0 Å². The van der Waals surface area contributed by atoms with Crippen molar-refractivity contribution in [2.24, 2.45) is 0 Å². The molecule has 0 atom stereocenters. The van der Waals surface area contributed by atoms with Crippen molar-refractivity contribution in [3.63, 3.8) is 0 Å². The van der Waals surface area contributed by atoms with Gasteiger partial charge in [0.2, 0.25) is 15.9 Å². The Morgan fingerprint density at radius 2 is 1.85 bits per heavy atom. The molecule has 140 valence electrons. The van der Waals surface area contributed by atoms with Crippen molar-refractivity contribution < 1.29 is 17.6 Å². The second kappa shape index (κ2) is 8.62. The minimum Gasteiger partial charge on any atom is -0.351 e. The fraction of sp³-hybridized carbons (Fsp3) is 0.278. The van der Waals surface area contributed by atoms with Gasteiger partial charge < -0.3 is 5.32 Å². The second-order valence-corrected chi connectivity index (χ2v) is 8.09. The van der Waals surface area contributed by atoms with E-state index in [1.165, 1.54) is 24.3 Å². The molecule has 2 rings (SSSR count). The van der Waals surface area contributed by atoms with Crippen LogP contribution in [0.15, 0.2) is 47.4 Å². The van der Waals surface area contributed by atoms with Crippen LogP contribution in [0.4, 0.5) is 4.39 Å². The number of carbonyl (C=O) groups is 1. The number of nitrogens with zero attached hydrogens (tertiary/aromatic N) is 1. The van der Waals surface area contributed by atoms with Gasteiger partial charge in [0.15, 0.2) is 0 Å². The van der Waals surface area contributed by atoms with E-state index in [0.717, 1.165) is 15.4 Å². The minimum atomic E-state index is -3.84. The summed E-state index contributed by atoms with van der Waals surface area (Å²) >= 11 is 6.01. The lowest BCUT2D eigenvalue weighted by molar-refractivity contribution is -0.121. The highest BCUT2D eigenvalue weighted by Gasteiger charge is 2.25. The maximum atomic E-state index is 12.9. The van der Waals surface area contributed by atoms with E-state index in [4.69, 9.17) is 11.6 Å². The van der Waals surface area contributed by atoms with Crippen molar-refractivity contribution in [2.75, 3.05) is 13.1 Å². The average Bonchev–Trinajstić information content (AvgIpc) is 2.61. The molecule has 5 nitrogen and oxygen atoms in total. The van der Waals surface area contributed by atoms with Gasteiger partial charge in [-0.3, -0.25) is 4.79 Å². The van der Waals surface area contributed by atoms with E-state index in [9.17, 15) is 17.6 Å². The predicted octanol–water partition coefficient (Wildman–Crippen LogP) is 3.11. The SMILES string of the molecule is CCN(CC(=O)NCc1ccc(F)cc1)S(=O)(=O)c1ccc(C)c(Cl)c1. The summed E-state index contributed by atoms with van der Waals surface area (Å²) in [6.07, 6.45) is 0. The number of carbonyl (C=O) groups excluding carboxylic acids is 1. The van der Waals surface area contributed by atoms with Crippen LogP contribution < -0.4 is 5.32 Å². The van der Waals surface area contributed by atoms with Crippen LogP contribution in [-0.2, 0) is 21.4 Å². The van der Waals surface area contributed by atoms with Crippen molar-refractivity contribution in [3.8, 4) is 0 Å². The molecule has 0 unspecified atom stereocenters. The van der Waals surface area contributed by atoms with E-state index in [-0.39, 0.29) is 30.3 Å². The Kier molecular flexibility index (Phi) is 6.75. The zero-order valence-electron chi connectivity index (χ0n) is 14.5. The molecule has 0 aliphatic rings. The number of nitrogens with one attached hydrogen (secondary N) is 1. The molecule has 0 heterocycles. The molecule has 0 bridgehead atoms. The van der Waals surface area contributed by atoms with Gasteiger partial charge in [-0.25, -0.2) is 12.8 Å². The molecular weight excluding hydrogens is 379 g/mol. The van der Waals surface area contributed by atoms with Crippen LogP contribution in [0, 0.1) is 12.7 Å². The first-order valence-corrected chi connectivity index (χ1v) is 9.83. The van der Waals surface area contributed by atoms with Crippen LogP contribution in [0.3, 0.4) is 0 Å². The minimum absolute atomic E-state index is 0.0429. The first-order chi connectivity index (χ1) is 12.2. The summed E-state index contributed by atoms with van der Waals surface area (Å²) in [5, 5.41) is 2.98. The Bertz CT molecular complexity index is 886. The summed E-state index contributed by atoms with van der Waals surface area (Å²) < 4.78 is 39.4. The normalized spacial score (nSPS) is 11.6. The van der Waals surface area contributed by atoms with E-state index in [1.807, 2.05) is 0 Å². The first kappa shape index (κ1) is 20.4. The van der Waals surface area contributed by atoms with Gasteiger partial charge in [0.05, 0.1) is 11.4 Å². The van der Waals surface area contributed by atoms with E-state index in [2.05, 4.69) is 5.32 Å². The fourth-order valence-electron chi connectivity index (χ4n) is 2.27. The number of sulfonamides is 1. The second-order valence-electron chi connectivity index (χ2n) is 5.75. The Hall–Kier alpha value is -1.96. The Labute approximate surface area is 157 Å². The lowest BCUT2D eigenvalue weighted by atomic mass is 10.2. The Balaban J connectivity index is 2.05. The third-order valence-electron chi connectivity index (χ3n) is 3.86. The van der Waals surface area contributed by atoms with Gasteiger partial charge >= 0.3 is 0 Å². The zero-order chi connectivity index (χ0) is 19.3. The van der Waals surface area contributed by atoms with E-state index in [1.54, 1.807) is 32.0 Å².